The van der Waals surface area contributed by atoms with Crippen molar-refractivity contribution in [2.75, 3.05) is 40.4 Å². The third-order valence-corrected chi connectivity index (χ3v) is 3.78. The number of likely N-dealkylation sites (tertiary alicyclic amines) is 1. The van der Waals surface area contributed by atoms with Gasteiger partial charge in [0.1, 0.15) is 12.2 Å². The van der Waals surface area contributed by atoms with Crippen LogP contribution in [0.15, 0.2) is 0 Å². The highest BCUT2D eigenvalue weighted by atomic mass is 16.5. The van der Waals surface area contributed by atoms with Gasteiger partial charge in [-0.3, -0.25) is 4.79 Å². The molecule has 0 aromatic heterocycles. The van der Waals surface area contributed by atoms with Crippen LogP contribution in [0.1, 0.15) is 12.8 Å². The van der Waals surface area contributed by atoms with Crippen molar-refractivity contribution in [3.8, 4) is 0 Å². The Labute approximate surface area is 102 Å². The molecule has 5 nitrogen and oxygen atoms in total. The summed E-state index contributed by atoms with van der Waals surface area (Å²) in [6.45, 7) is 3.16. The van der Waals surface area contributed by atoms with E-state index < -0.39 is 0 Å². The molecule has 0 aromatic carbocycles. The SMILES string of the molecule is CO[C@H]1CN(C(=O)[C@@H]2CCCNC2)C[C@H]1OC. The molecule has 1 N–H and O–H groups in total. The molecule has 3 atom stereocenters. The van der Waals surface area contributed by atoms with Gasteiger partial charge in [0, 0.05) is 33.9 Å². The highest BCUT2D eigenvalue weighted by molar-refractivity contribution is 5.79. The fraction of sp³-hybridized carbons (Fsp3) is 0.917. The quantitative estimate of drug-likeness (QED) is 0.748. The molecule has 17 heavy (non-hydrogen) atoms. The molecule has 0 spiro atoms. The van der Waals surface area contributed by atoms with Crippen LogP contribution in [0.5, 0.6) is 0 Å². The standard InChI is InChI=1S/C12H22N2O3/c1-16-10-7-14(8-11(10)17-2)12(15)9-4-3-5-13-6-9/h9-11,13H,3-8H2,1-2H3/t9-,10-,11+/m1/s1. The van der Waals surface area contributed by atoms with E-state index in [4.69, 9.17) is 9.47 Å². The molecule has 2 aliphatic heterocycles. The zero-order valence-corrected chi connectivity index (χ0v) is 10.6. The lowest BCUT2D eigenvalue weighted by atomic mass is 9.98. The second kappa shape index (κ2) is 5.80. The van der Waals surface area contributed by atoms with Gasteiger partial charge in [0.2, 0.25) is 5.91 Å². The van der Waals surface area contributed by atoms with Crippen molar-refractivity contribution in [1.82, 2.24) is 10.2 Å². The Morgan fingerprint density at radius 2 is 1.88 bits per heavy atom. The Morgan fingerprint density at radius 1 is 1.24 bits per heavy atom. The minimum Gasteiger partial charge on any atom is -0.377 e. The average molecular weight is 242 g/mol. The topological polar surface area (TPSA) is 50.8 Å². The summed E-state index contributed by atoms with van der Waals surface area (Å²) in [4.78, 5) is 14.2. The number of carbonyl (C=O) groups is 1. The normalized spacial score (nSPS) is 34.0. The van der Waals surface area contributed by atoms with E-state index in [1.165, 1.54) is 0 Å². The number of hydrogen-bond donors (Lipinski definition) is 1. The summed E-state index contributed by atoms with van der Waals surface area (Å²) in [5.41, 5.74) is 0. The zero-order chi connectivity index (χ0) is 12.3. The smallest absolute Gasteiger partial charge is 0.227 e. The van der Waals surface area contributed by atoms with E-state index in [1.807, 2.05) is 4.90 Å². The second-order valence-electron chi connectivity index (χ2n) is 4.83. The van der Waals surface area contributed by atoms with Crippen LogP contribution < -0.4 is 5.32 Å². The van der Waals surface area contributed by atoms with E-state index in [9.17, 15) is 4.79 Å². The molecule has 98 valence electrons. The predicted molar refractivity (Wildman–Crippen MR) is 63.8 cm³/mol. The number of methoxy groups -OCH3 is 2. The lowest BCUT2D eigenvalue weighted by Crippen LogP contribution is -2.42. The number of hydrogen-bond acceptors (Lipinski definition) is 4. The summed E-state index contributed by atoms with van der Waals surface area (Å²) in [6.07, 6.45) is 2.12. The van der Waals surface area contributed by atoms with Crippen molar-refractivity contribution in [2.45, 2.75) is 25.0 Å². The first-order chi connectivity index (χ1) is 8.26. The van der Waals surface area contributed by atoms with E-state index >= 15 is 0 Å². The molecule has 0 saturated carbocycles. The van der Waals surface area contributed by atoms with Crippen molar-refractivity contribution in [3.05, 3.63) is 0 Å². The number of ether oxygens (including phenoxy) is 2. The number of amides is 1. The van der Waals surface area contributed by atoms with Gasteiger partial charge >= 0.3 is 0 Å². The van der Waals surface area contributed by atoms with Gasteiger partial charge in [-0.1, -0.05) is 0 Å². The van der Waals surface area contributed by atoms with Crippen molar-refractivity contribution in [3.63, 3.8) is 0 Å². The Morgan fingerprint density at radius 3 is 2.35 bits per heavy atom. The van der Waals surface area contributed by atoms with Crippen LogP contribution in [0, 0.1) is 5.92 Å². The Balaban J connectivity index is 1.92. The molecular weight excluding hydrogens is 220 g/mol. The maximum Gasteiger partial charge on any atom is 0.227 e. The fourth-order valence-electron chi connectivity index (χ4n) is 2.70. The van der Waals surface area contributed by atoms with Gasteiger partial charge in [0.05, 0.1) is 5.92 Å². The molecule has 0 aromatic rings. The van der Waals surface area contributed by atoms with Gasteiger partial charge in [-0.2, -0.15) is 0 Å². The van der Waals surface area contributed by atoms with Crippen LogP contribution >= 0.6 is 0 Å². The summed E-state index contributed by atoms with van der Waals surface area (Å²) in [7, 11) is 3.35. The molecule has 0 bridgehead atoms. The number of nitrogens with zero attached hydrogens (tertiary/aromatic N) is 1. The highest BCUT2D eigenvalue weighted by Crippen LogP contribution is 2.20. The van der Waals surface area contributed by atoms with Gasteiger partial charge < -0.3 is 19.7 Å². The minimum absolute atomic E-state index is 0.0144. The molecule has 2 heterocycles. The molecule has 2 rings (SSSR count). The van der Waals surface area contributed by atoms with Gasteiger partial charge in [0.15, 0.2) is 0 Å². The number of carbonyl (C=O) groups excluding carboxylic acids is 1. The van der Waals surface area contributed by atoms with Gasteiger partial charge in [-0.05, 0) is 19.4 Å². The Hall–Kier alpha value is -0.650. The maximum absolute atomic E-state index is 12.3. The first kappa shape index (κ1) is 12.8. The Bertz CT molecular complexity index is 254. The summed E-state index contributed by atoms with van der Waals surface area (Å²) >= 11 is 0. The lowest BCUT2D eigenvalue weighted by Gasteiger charge is -2.26. The van der Waals surface area contributed by atoms with Crippen LogP contribution in [0.4, 0.5) is 0 Å². The van der Waals surface area contributed by atoms with Gasteiger partial charge in [0.25, 0.3) is 0 Å². The van der Waals surface area contributed by atoms with E-state index in [-0.39, 0.29) is 24.0 Å². The second-order valence-corrected chi connectivity index (χ2v) is 4.83. The van der Waals surface area contributed by atoms with Crippen LogP contribution in [-0.4, -0.2) is 63.4 Å². The molecule has 2 fully saturated rings. The molecule has 0 unspecified atom stereocenters. The minimum atomic E-state index is 0.0144. The van der Waals surface area contributed by atoms with E-state index in [0.717, 1.165) is 25.9 Å². The molecule has 5 heteroatoms. The molecule has 0 radical (unpaired) electrons. The third-order valence-electron chi connectivity index (χ3n) is 3.78. The highest BCUT2D eigenvalue weighted by Gasteiger charge is 2.37. The summed E-state index contributed by atoms with van der Waals surface area (Å²) in [6, 6.07) is 0. The maximum atomic E-state index is 12.3. The third kappa shape index (κ3) is 2.78. The fourth-order valence-corrected chi connectivity index (χ4v) is 2.70. The average Bonchev–Trinajstić information content (AvgIpc) is 2.82. The van der Waals surface area contributed by atoms with Crippen LogP contribution in [0.3, 0.4) is 0 Å². The number of nitrogens with one attached hydrogen (secondary N) is 1. The van der Waals surface area contributed by atoms with E-state index in [0.29, 0.717) is 13.1 Å². The summed E-state index contributed by atoms with van der Waals surface area (Å²) < 4.78 is 10.7. The monoisotopic (exact) mass is 242 g/mol. The molecular formula is C12H22N2O3. The Kier molecular flexibility index (Phi) is 4.36. The first-order valence-electron chi connectivity index (χ1n) is 6.31. The van der Waals surface area contributed by atoms with E-state index in [2.05, 4.69) is 5.32 Å². The molecule has 2 saturated heterocycles. The van der Waals surface area contributed by atoms with Crippen molar-refractivity contribution in [2.24, 2.45) is 5.92 Å². The van der Waals surface area contributed by atoms with Crippen LogP contribution in [0.25, 0.3) is 0 Å². The summed E-state index contributed by atoms with van der Waals surface area (Å²) in [5, 5.41) is 3.28. The first-order valence-corrected chi connectivity index (χ1v) is 6.31. The van der Waals surface area contributed by atoms with Crippen LogP contribution in [-0.2, 0) is 14.3 Å². The van der Waals surface area contributed by atoms with E-state index in [1.54, 1.807) is 14.2 Å². The number of rotatable bonds is 3. The van der Waals surface area contributed by atoms with Gasteiger partial charge in [-0.15, -0.1) is 0 Å². The zero-order valence-electron chi connectivity index (χ0n) is 10.6. The van der Waals surface area contributed by atoms with Crippen molar-refractivity contribution < 1.29 is 14.3 Å². The number of piperidine rings is 1. The summed E-state index contributed by atoms with van der Waals surface area (Å²) in [5.74, 6) is 0.385. The van der Waals surface area contributed by atoms with Crippen LogP contribution in [0.2, 0.25) is 0 Å². The predicted octanol–water partition coefficient (Wildman–Crippen LogP) is -0.142. The van der Waals surface area contributed by atoms with Gasteiger partial charge in [-0.25, -0.2) is 0 Å². The van der Waals surface area contributed by atoms with Crippen molar-refractivity contribution in [1.29, 1.82) is 0 Å². The molecule has 2 aliphatic rings. The molecule has 0 aliphatic carbocycles. The largest absolute Gasteiger partial charge is 0.377 e. The molecule has 1 amide bonds. The van der Waals surface area contributed by atoms with Crippen molar-refractivity contribution >= 4 is 5.91 Å². The lowest BCUT2D eigenvalue weighted by molar-refractivity contribution is -0.135.